The lowest BCUT2D eigenvalue weighted by molar-refractivity contribution is 0.0940. The highest BCUT2D eigenvalue weighted by Crippen LogP contribution is 2.26. The van der Waals surface area contributed by atoms with Crippen LogP contribution in [0.5, 0.6) is 5.75 Å². The van der Waals surface area contributed by atoms with Crippen molar-refractivity contribution < 1.29 is 14.3 Å². The largest absolute Gasteiger partial charge is 0.492 e. The highest BCUT2D eigenvalue weighted by Gasteiger charge is 2.16. The summed E-state index contributed by atoms with van der Waals surface area (Å²) < 4.78 is 5.37. The average Bonchev–Trinajstić information content (AvgIpc) is 2.63. The van der Waals surface area contributed by atoms with Gasteiger partial charge in [0.2, 0.25) is 0 Å². The summed E-state index contributed by atoms with van der Waals surface area (Å²) in [5, 5.41) is 6.04. The second-order valence-electron chi connectivity index (χ2n) is 5.86. The number of amides is 2. The number of hydrogen-bond donors (Lipinski definition) is 2. The SMILES string of the molecule is CCOc1ccc(C(=O)Nc2ccccc2C(=O)N[C@@H](C)CC)cc1Cl. The lowest BCUT2D eigenvalue weighted by Gasteiger charge is -2.15. The molecule has 6 heteroatoms. The van der Waals surface area contributed by atoms with E-state index >= 15 is 0 Å². The topological polar surface area (TPSA) is 67.4 Å². The summed E-state index contributed by atoms with van der Waals surface area (Å²) in [6, 6.07) is 11.8. The molecule has 2 aromatic rings. The number of nitrogens with one attached hydrogen (secondary N) is 2. The molecule has 26 heavy (non-hydrogen) atoms. The molecule has 2 rings (SSSR count). The Hall–Kier alpha value is -2.53. The monoisotopic (exact) mass is 374 g/mol. The van der Waals surface area contributed by atoms with Crippen LogP contribution in [-0.4, -0.2) is 24.5 Å². The lowest BCUT2D eigenvalue weighted by atomic mass is 10.1. The van der Waals surface area contributed by atoms with Crippen LogP contribution < -0.4 is 15.4 Å². The molecule has 0 heterocycles. The van der Waals surface area contributed by atoms with Gasteiger partial charge in [0.25, 0.3) is 11.8 Å². The molecular weight excluding hydrogens is 352 g/mol. The first-order chi connectivity index (χ1) is 12.5. The van der Waals surface area contributed by atoms with Crippen molar-refractivity contribution in [2.45, 2.75) is 33.2 Å². The van der Waals surface area contributed by atoms with Crippen LogP contribution in [0, 0.1) is 0 Å². The van der Waals surface area contributed by atoms with Gasteiger partial charge in [0.05, 0.1) is 22.9 Å². The number of rotatable bonds is 7. The fourth-order valence-corrected chi connectivity index (χ4v) is 2.54. The van der Waals surface area contributed by atoms with Gasteiger partial charge in [-0.15, -0.1) is 0 Å². The van der Waals surface area contributed by atoms with Crippen LogP contribution in [0.2, 0.25) is 5.02 Å². The Morgan fingerprint density at radius 1 is 1.12 bits per heavy atom. The van der Waals surface area contributed by atoms with E-state index in [4.69, 9.17) is 16.3 Å². The predicted molar refractivity (Wildman–Crippen MR) is 104 cm³/mol. The first-order valence-corrected chi connectivity index (χ1v) is 8.97. The van der Waals surface area contributed by atoms with Gasteiger partial charge in [-0.05, 0) is 50.6 Å². The Morgan fingerprint density at radius 2 is 1.85 bits per heavy atom. The van der Waals surface area contributed by atoms with Gasteiger partial charge in [-0.25, -0.2) is 0 Å². The average molecular weight is 375 g/mol. The molecule has 0 unspecified atom stereocenters. The number of anilines is 1. The van der Waals surface area contributed by atoms with Gasteiger partial charge in [0.15, 0.2) is 0 Å². The van der Waals surface area contributed by atoms with Gasteiger partial charge in [-0.3, -0.25) is 9.59 Å². The van der Waals surface area contributed by atoms with Gasteiger partial charge < -0.3 is 15.4 Å². The van der Waals surface area contributed by atoms with E-state index in [-0.39, 0.29) is 17.9 Å². The molecule has 138 valence electrons. The number of ether oxygens (including phenoxy) is 1. The minimum Gasteiger partial charge on any atom is -0.492 e. The maximum absolute atomic E-state index is 12.5. The standard InChI is InChI=1S/C20H23ClN2O3/c1-4-13(3)22-20(25)15-8-6-7-9-17(15)23-19(24)14-10-11-18(26-5-2)16(21)12-14/h6-13H,4-5H2,1-3H3,(H,22,25)(H,23,24)/t13-/m0/s1. The zero-order chi connectivity index (χ0) is 19.1. The summed E-state index contributed by atoms with van der Waals surface area (Å²) in [5.74, 6) is -0.0437. The Morgan fingerprint density at radius 3 is 2.50 bits per heavy atom. The van der Waals surface area contributed by atoms with Crippen molar-refractivity contribution in [3.8, 4) is 5.75 Å². The third-order valence-corrected chi connectivity index (χ3v) is 4.20. The van der Waals surface area contributed by atoms with Crippen LogP contribution in [0.3, 0.4) is 0 Å². The van der Waals surface area contributed by atoms with Gasteiger partial charge in [0, 0.05) is 11.6 Å². The van der Waals surface area contributed by atoms with Crippen molar-refractivity contribution in [3.05, 3.63) is 58.6 Å². The molecule has 0 saturated heterocycles. The predicted octanol–water partition coefficient (Wildman–Crippen LogP) is 4.52. The molecule has 1 atom stereocenters. The molecule has 0 fully saturated rings. The maximum Gasteiger partial charge on any atom is 0.255 e. The quantitative estimate of drug-likeness (QED) is 0.748. The highest BCUT2D eigenvalue weighted by atomic mass is 35.5. The second kappa shape index (κ2) is 9.25. The van der Waals surface area contributed by atoms with Crippen molar-refractivity contribution in [2.75, 3.05) is 11.9 Å². The molecule has 0 aliphatic rings. The number of hydrogen-bond acceptors (Lipinski definition) is 3. The third kappa shape index (κ3) is 4.99. The van der Waals surface area contributed by atoms with E-state index in [2.05, 4.69) is 10.6 Å². The molecule has 0 aromatic heterocycles. The first-order valence-electron chi connectivity index (χ1n) is 8.59. The number of benzene rings is 2. The smallest absolute Gasteiger partial charge is 0.255 e. The van der Waals surface area contributed by atoms with E-state index in [1.807, 2.05) is 20.8 Å². The molecule has 0 saturated carbocycles. The summed E-state index contributed by atoms with van der Waals surface area (Å²) in [7, 11) is 0. The minimum absolute atomic E-state index is 0.0520. The molecule has 0 aliphatic carbocycles. The molecule has 0 aliphatic heterocycles. The molecule has 2 N–H and O–H groups in total. The number of carbonyl (C=O) groups is 2. The highest BCUT2D eigenvalue weighted by molar-refractivity contribution is 6.32. The van der Waals surface area contributed by atoms with Crippen LogP contribution >= 0.6 is 11.6 Å². The summed E-state index contributed by atoms with van der Waals surface area (Å²) >= 11 is 6.14. The molecular formula is C20H23ClN2O3. The first kappa shape index (κ1) is 19.8. The van der Waals surface area contributed by atoms with E-state index in [0.717, 1.165) is 6.42 Å². The van der Waals surface area contributed by atoms with E-state index < -0.39 is 0 Å². The van der Waals surface area contributed by atoms with Crippen molar-refractivity contribution in [3.63, 3.8) is 0 Å². The Bertz CT molecular complexity index is 792. The second-order valence-corrected chi connectivity index (χ2v) is 6.27. The normalized spacial score (nSPS) is 11.5. The van der Waals surface area contributed by atoms with Gasteiger partial charge in [-0.2, -0.15) is 0 Å². The Labute approximate surface area is 158 Å². The number of para-hydroxylation sites is 1. The fourth-order valence-electron chi connectivity index (χ4n) is 2.30. The fraction of sp³-hybridized carbons (Fsp3) is 0.300. The third-order valence-electron chi connectivity index (χ3n) is 3.90. The summed E-state index contributed by atoms with van der Waals surface area (Å²) in [4.78, 5) is 25.0. The van der Waals surface area contributed by atoms with Crippen LogP contribution in [0.4, 0.5) is 5.69 Å². The van der Waals surface area contributed by atoms with Crippen LogP contribution in [0.15, 0.2) is 42.5 Å². The summed E-state index contributed by atoms with van der Waals surface area (Å²) in [6.45, 7) is 6.28. The molecule has 0 bridgehead atoms. The molecule has 0 radical (unpaired) electrons. The molecule has 5 nitrogen and oxygen atoms in total. The zero-order valence-corrected chi connectivity index (χ0v) is 15.9. The van der Waals surface area contributed by atoms with Crippen LogP contribution in [0.1, 0.15) is 47.9 Å². The van der Waals surface area contributed by atoms with E-state index in [1.54, 1.807) is 42.5 Å². The molecule has 0 spiro atoms. The van der Waals surface area contributed by atoms with Crippen molar-refractivity contribution in [1.82, 2.24) is 5.32 Å². The van der Waals surface area contributed by atoms with Crippen molar-refractivity contribution >= 4 is 29.1 Å². The van der Waals surface area contributed by atoms with Crippen molar-refractivity contribution in [2.24, 2.45) is 0 Å². The van der Waals surface area contributed by atoms with Gasteiger partial charge in [0.1, 0.15) is 5.75 Å². The summed E-state index contributed by atoms with van der Waals surface area (Å²) in [6.07, 6.45) is 0.824. The summed E-state index contributed by atoms with van der Waals surface area (Å²) in [5.41, 5.74) is 1.25. The van der Waals surface area contributed by atoms with E-state index in [9.17, 15) is 9.59 Å². The number of halogens is 1. The van der Waals surface area contributed by atoms with Gasteiger partial charge in [-0.1, -0.05) is 30.7 Å². The van der Waals surface area contributed by atoms with Gasteiger partial charge >= 0.3 is 0 Å². The minimum atomic E-state index is -0.348. The zero-order valence-electron chi connectivity index (χ0n) is 15.1. The van der Waals surface area contributed by atoms with Crippen molar-refractivity contribution in [1.29, 1.82) is 0 Å². The Balaban J connectivity index is 2.19. The lowest BCUT2D eigenvalue weighted by Crippen LogP contribution is -2.32. The van der Waals surface area contributed by atoms with E-state index in [1.165, 1.54) is 0 Å². The maximum atomic E-state index is 12.5. The Kier molecular flexibility index (Phi) is 7.04. The van der Waals surface area contributed by atoms with E-state index in [0.29, 0.717) is 34.2 Å². The number of carbonyl (C=O) groups excluding carboxylic acids is 2. The molecule has 2 amide bonds. The molecule has 2 aromatic carbocycles. The van der Waals surface area contributed by atoms with Crippen LogP contribution in [0.25, 0.3) is 0 Å². The van der Waals surface area contributed by atoms with Crippen LogP contribution in [-0.2, 0) is 0 Å².